The molecule has 190 valence electrons. The van der Waals surface area contributed by atoms with Gasteiger partial charge in [0.2, 0.25) is 5.88 Å². The molecule has 3 aromatic rings. The van der Waals surface area contributed by atoms with Crippen molar-refractivity contribution in [1.29, 1.82) is 0 Å². The van der Waals surface area contributed by atoms with Crippen LogP contribution in [0.15, 0.2) is 59.6 Å². The third-order valence-electron chi connectivity index (χ3n) is 5.49. The van der Waals surface area contributed by atoms with Gasteiger partial charge < -0.3 is 14.8 Å². The number of aromatic nitrogens is 1. The van der Waals surface area contributed by atoms with Gasteiger partial charge in [0.1, 0.15) is 11.4 Å². The topological polar surface area (TPSA) is 107 Å². The van der Waals surface area contributed by atoms with Crippen molar-refractivity contribution in [3.8, 4) is 11.6 Å². The third-order valence-corrected chi connectivity index (χ3v) is 7.80. The number of para-hydroxylation sites is 1. The maximum atomic E-state index is 13.0. The van der Waals surface area contributed by atoms with Gasteiger partial charge in [0.15, 0.2) is 0 Å². The molecule has 0 saturated carbocycles. The summed E-state index contributed by atoms with van der Waals surface area (Å²) < 4.78 is 39.6. The van der Waals surface area contributed by atoms with Crippen molar-refractivity contribution in [2.45, 2.75) is 17.7 Å². The first kappa shape index (κ1) is 26.5. The Balaban J connectivity index is 1.56. The monoisotopic (exact) mass is 569 g/mol. The van der Waals surface area contributed by atoms with Crippen LogP contribution in [-0.4, -0.2) is 39.1 Å². The van der Waals surface area contributed by atoms with E-state index in [9.17, 15) is 13.2 Å². The Hall–Kier alpha value is -2.56. The second kappa shape index (κ2) is 11.7. The molecule has 2 aromatic carbocycles. The van der Waals surface area contributed by atoms with E-state index < -0.39 is 10.0 Å². The van der Waals surface area contributed by atoms with E-state index in [4.69, 9.17) is 44.3 Å². The van der Waals surface area contributed by atoms with E-state index in [1.165, 1.54) is 30.5 Å². The highest BCUT2D eigenvalue weighted by atomic mass is 35.5. The molecule has 12 heteroatoms. The zero-order valence-electron chi connectivity index (χ0n) is 18.8. The van der Waals surface area contributed by atoms with Crippen LogP contribution in [0, 0.1) is 5.92 Å². The quantitative estimate of drug-likeness (QED) is 0.355. The van der Waals surface area contributed by atoms with Crippen LogP contribution in [0.1, 0.15) is 23.2 Å². The number of anilines is 1. The highest BCUT2D eigenvalue weighted by molar-refractivity contribution is 7.92. The Morgan fingerprint density at radius 1 is 1.06 bits per heavy atom. The normalized spacial score (nSPS) is 14.3. The van der Waals surface area contributed by atoms with Crippen molar-refractivity contribution in [1.82, 2.24) is 10.3 Å². The minimum atomic E-state index is -4.09. The van der Waals surface area contributed by atoms with E-state index in [1.807, 2.05) is 0 Å². The molecule has 36 heavy (non-hydrogen) atoms. The predicted octanol–water partition coefficient (Wildman–Crippen LogP) is 5.79. The minimum Gasteiger partial charge on any atom is -0.436 e. The van der Waals surface area contributed by atoms with Gasteiger partial charge in [-0.2, -0.15) is 0 Å². The van der Waals surface area contributed by atoms with E-state index in [2.05, 4.69) is 15.0 Å². The third kappa shape index (κ3) is 6.60. The fourth-order valence-corrected chi connectivity index (χ4v) is 5.15. The summed E-state index contributed by atoms with van der Waals surface area (Å²) in [6.07, 6.45) is 3.08. The number of pyridine rings is 1. The number of nitrogens with zero attached hydrogens (tertiary/aromatic N) is 1. The van der Waals surface area contributed by atoms with Crippen LogP contribution < -0.4 is 14.8 Å². The largest absolute Gasteiger partial charge is 0.436 e. The predicted molar refractivity (Wildman–Crippen MR) is 139 cm³/mol. The Morgan fingerprint density at radius 2 is 1.81 bits per heavy atom. The van der Waals surface area contributed by atoms with Crippen molar-refractivity contribution in [3.05, 3.63) is 75.4 Å². The second-order valence-electron chi connectivity index (χ2n) is 8.05. The lowest BCUT2D eigenvalue weighted by molar-refractivity contribution is 0.0642. The first-order valence-electron chi connectivity index (χ1n) is 11.0. The summed E-state index contributed by atoms with van der Waals surface area (Å²) in [5.41, 5.74) is 0.255. The van der Waals surface area contributed by atoms with E-state index in [0.29, 0.717) is 25.7 Å². The van der Waals surface area contributed by atoms with Crippen LogP contribution >= 0.6 is 34.8 Å². The van der Waals surface area contributed by atoms with Crippen LogP contribution in [0.4, 0.5) is 5.69 Å². The molecule has 8 nitrogen and oxygen atoms in total. The number of carbonyl (C=O) groups excluding carboxylic acids is 1. The molecule has 0 unspecified atom stereocenters. The van der Waals surface area contributed by atoms with Crippen molar-refractivity contribution in [2.24, 2.45) is 5.92 Å². The average Bonchev–Trinajstić information content (AvgIpc) is 2.86. The molecule has 1 amide bonds. The van der Waals surface area contributed by atoms with Crippen molar-refractivity contribution in [2.75, 3.05) is 24.5 Å². The van der Waals surface area contributed by atoms with Gasteiger partial charge in [0.05, 0.1) is 25.5 Å². The number of amides is 1. The Labute approximate surface area is 223 Å². The molecule has 0 atom stereocenters. The van der Waals surface area contributed by atoms with Crippen LogP contribution in [0.2, 0.25) is 15.1 Å². The first-order chi connectivity index (χ1) is 17.2. The molecule has 1 aliphatic heterocycles. The molecule has 1 aliphatic rings. The second-order valence-corrected chi connectivity index (χ2v) is 11.0. The number of benzene rings is 2. The van der Waals surface area contributed by atoms with Gasteiger partial charge in [-0.1, -0.05) is 46.9 Å². The summed E-state index contributed by atoms with van der Waals surface area (Å²) >= 11 is 18.0. The molecule has 0 spiro atoms. The summed E-state index contributed by atoms with van der Waals surface area (Å²) in [5.74, 6) is 0.139. The van der Waals surface area contributed by atoms with Gasteiger partial charge in [0, 0.05) is 26.0 Å². The molecule has 1 fully saturated rings. The van der Waals surface area contributed by atoms with E-state index >= 15 is 0 Å². The fraction of sp³-hybridized carbons (Fsp3) is 0.250. The fourth-order valence-electron chi connectivity index (χ4n) is 3.56. The lowest BCUT2D eigenvalue weighted by atomic mass is 10.0. The van der Waals surface area contributed by atoms with E-state index in [1.54, 1.807) is 24.3 Å². The molecule has 1 aromatic heterocycles. The molecule has 4 rings (SSSR count). The molecular formula is C24H22Cl3N3O5S. The number of sulfonamides is 1. The Morgan fingerprint density at radius 3 is 2.56 bits per heavy atom. The molecular weight excluding hydrogens is 549 g/mol. The maximum absolute atomic E-state index is 13.0. The summed E-state index contributed by atoms with van der Waals surface area (Å²) in [6.45, 7) is 1.89. The molecule has 2 heterocycles. The average molecular weight is 571 g/mol. The standard InChI is InChI=1S/C24H22Cl3N3O5S/c25-16-11-21(30-36(32,33)17-5-6-19(26)20(27)12-17)24(29-14-16)35-22-4-2-1-3-18(22)23(31)28-13-15-7-9-34-10-8-15/h1-6,11-12,14-15,30H,7-10,13H2,(H,28,31). The lowest BCUT2D eigenvalue weighted by Crippen LogP contribution is -2.32. The summed E-state index contributed by atoms with van der Waals surface area (Å²) in [7, 11) is -4.09. The Kier molecular flexibility index (Phi) is 8.58. The number of hydrogen-bond acceptors (Lipinski definition) is 6. The van der Waals surface area contributed by atoms with Crippen LogP contribution in [0.3, 0.4) is 0 Å². The SMILES string of the molecule is O=C(NCC1CCOCC1)c1ccccc1Oc1ncc(Cl)cc1NS(=O)(=O)c1ccc(Cl)c(Cl)c1. The minimum absolute atomic E-state index is 0.0222. The van der Waals surface area contributed by atoms with E-state index in [-0.39, 0.29) is 48.8 Å². The van der Waals surface area contributed by atoms with Gasteiger partial charge >= 0.3 is 0 Å². The molecule has 2 N–H and O–H groups in total. The molecule has 0 bridgehead atoms. The van der Waals surface area contributed by atoms with E-state index in [0.717, 1.165) is 12.8 Å². The summed E-state index contributed by atoms with van der Waals surface area (Å²) in [6, 6.07) is 11.9. The number of nitrogens with one attached hydrogen (secondary N) is 2. The number of hydrogen-bond donors (Lipinski definition) is 2. The zero-order valence-corrected chi connectivity index (χ0v) is 21.9. The van der Waals surface area contributed by atoms with Crippen molar-refractivity contribution in [3.63, 3.8) is 0 Å². The smallest absolute Gasteiger partial charge is 0.262 e. The first-order valence-corrected chi connectivity index (χ1v) is 13.6. The molecule has 1 saturated heterocycles. The van der Waals surface area contributed by atoms with Gasteiger partial charge in [-0.05, 0) is 55.2 Å². The number of rotatable bonds is 8. The van der Waals surface area contributed by atoms with Crippen molar-refractivity contribution >= 4 is 56.4 Å². The maximum Gasteiger partial charge on any atom is 0.262 e. The number of carbonyl (C=O) groups is 1. The zero-order chi connectivity index (χ0) is 25.7. The highest BCUT2D eigenvalue weighted by Gasteiger charge is 2.22. The van der Waals surface area contributed by atoms with Gasteiger partial charge in [-0.25, -0.2) is 13.4 Å². The van der Waals surface area contributed by atoms with Crippen molar-refractivity contribution < 1.29 is 22.7 Å². The van der Waals surface area contributed by atoms with Crippen LogP contribution in [0.25, 0.3) is 0 Å². The van der Waals surface area contributed by atoms with Crippen LogP contribution in [0.5, 0.6) is 11.6 Å². The highest BCUT2D eigenvalue weighted by Crippen LogP contribution is 2.33. The molecule has 0 aliphatic carbocycles. The lowest BCUT2D eigenvalue weighted by Gasteiger charge is -2.22. The summed E-state index contributed by atoms with van der Waals surface area (Å²) in [4.78, 5) is 16.9. The van der Waals surface area contributed by atoms with Gasteiger partial charge in [0.25, 0.3) is 15.9 Å². The number of halogens is 3. The van der Waals surface area contributed by atoms with Gasteiger partial charge in [-0.3, -0.25) is 9.52 Å². The Bertz CT molecular complexity index is 1360. The van der Waals surface area contributed by atoms with Crippen LogP contribution in [-0.2, 0) is 14.8 Å². The summed E-state index contributed by atoms with van der Waals surface area (Å²) in [5, 5.41) is 3.42. The number of ether oxygens (including phenoxy) is 2. The van der Waals surface area contributed by atoms with Gasteiger partial charge in [-0.15, -0.1) is 0 Å². The molecule has 0 radical (unpaired) electrons.